The SMILES string of the molecule is COc1cc2sc(-c3cnc4ccc(N(C)C5CCC(O)CC5)nn34)cc2cc1C.COc1cc2sc(-c3cnc4ccc(N(C)C5CCC(O)CC5)nn34)cc2cc1C.COc1cc2sc(-c3cnc4ccc(NC5CCC(O)CC5)nn34)cc2cc1C.[2H]CF. The number of ether oxygens (including phenoxy) is 3. The van der Waals surface area contributed by atoms with Gasteiger partial charge in [0, 0.05) is 46.3 Å². The summed E-state index contributed by atoms with van der Waals surface area (Å²) >= 11 is 5.18. The lowest BCUT2D eigenvalue weighted by Crippen LogP contribution is -2.37. The van der Waals surface area contributed by atoms with E-state index in [0.29, 0.717) is 18.1 Å². The highest BCUT2D eigenvalue weighted by atomic mass is 32.1. The van der Waals surface area contributed by atoms with E-state index in [2.05, 4.69) is 120 Å². The maximum atomic E-state index is 9.96. The van der Waals surface area contributed by atoms with E-state index in [9.17, 15) is 19.7 Å². The Balaban J connectivity index is 0.000000130. The van der Waals surface area contributed by atoms with E-state index in [1.54, 1.807) is 55.3 Å². The number of rotatable bonds is 12. The highest BCUT2D eigenvalue weighted by Crippen LogP contribution is 2.41. The number of nitrogens with zero attached hydrogens (tertiary/aromatic N) is 11. The lowest BCUT2D eigenvalue weighted by molar-refractivity contribution is 0.122. The molecule has 0 saturated heterocycles. The molecule has 15 rings (SSSR count). The van der Waals surface area contributed by atoms with Gasteiger partial charge in [0.05, 0.1) is 81.4 Å². The van der Waals surface area contributed by atoms with E-state index in [4.69, 9.17) is 30.9 Å². The summed E-state index contributed by atoms with van der Waals surface area (Å²) < 4.78 is 41.3. The number of hydrogen-bond acceptors (Lipinski definition) is 18. The fraction of sp³-hybridized carbons (Fsp3) is 0.391. The van der Waals surface area contributed by atoms with Crippen LogP contribution in [0.4, 0.5) is 21.8 Å². The van der Waals surface area contributed by atoms with Crippen molar-refractivity contribution in [3.63, 3.8) is 0 Å². The number of anilines is 3. The number of alkyl halides is 1. The Bertz CT molecular complexity index is 4330. The van der Waals surface area contributed by atoms with Crippen LogP contribution in [0, 0.1) is 20.8 Å². The topological polar surface area (TPSA) is 197 Å². The first-order valence-electron chi connectivity index (χ1n) is 31.7. The minimum absolute atomic E-state index is 0.152. The number of aliphatic hydroxyl groups excluding tert-OH is 3. The molecule has 4 N–H and O–H groups in total. The monoisotopic (exact) mass is 1290 g/mol. The zero-order chi connectivity index (χ0) is 64.3. The van der Waals surface area contributed by atoms with Gasteiger partial charge in [-0.25, -0.2) is 28.5 Å². The number of thiophene rings is 3. The second-order valence-electron chi connectivity index (χ2n) is 24.0. The van der Waals surface area contributed by atoms with Gasteiger partial charge in [-0.2, -0.15) is 0 Å². The van der Waals surface area contributed by atoms with Crippen molar-refractivity contribution in [3.8, 4) is 49.0 Å². The van der Waals surface area contributed by atoms with E-state index in [-0.39, 0.29) is 18.3 Å². The number of benzene rings is 3. The van der Waals surface area contributed by atoms with Crippen molar-refractivity contribution >= 4 is 98.7 Å². The second-order valence-corrected chi connectivity index (χ2v) is 27.3. The summed E-state index contributed by atoms with van der Waals surface area (Å²) in [5.41, 5.74) is 8.88. The van der Waals surface area contributed by atoms with E-state index in [1.807, 2.05) is 68.5 Å². The number of aromatic nitrogens is 9. The third-order valence-electron chi connectivity index (χ3n) is 18.1. The van der Waals surface area contributed by atoms with Crippen molar-refractivity contribution in [1.82, 2.24) is 43.8 Å². The molecule has 3 aliphatic rings. The Labute approximate surface area is 541 Å². The number of nitrogens with one attached hydrogen (secondary N) is 1. The fourth-order valence-corrected chi connectivity index (χ4v) is 16.0. The number of methoxy groups -OCH3 is 3. The number of fused-ring (bicyclic) bond motifs is 6. The molecule has 0 spiro atoms. The molecule has 12 aromatic rings. The first kappa shape index (κ1) is 61.8. The van der Waals surface area contributed by atoms with Gasteiger partial charge in [-0.15, -0.1) is 49.3 Å². The average molecular weight is 1290 g/mol. The first-order chi connectivity index (χ1) is 44.6. The number of aliphatic hydroxyl groups is 3. The van der Waals surface area contributed by atoms with Crippen LogP contribution in [0.3, 0.4) is 0 Å². The molecule has 9 aromatic heterocycles. The predicted octanol–water partition coefficient (Wildman–Crippen LogP) is 14.6. The lowest BCUT2D eigenvalue weighted by Gasteiger charge is -2.33. The molecular weight excluding hydrogens is 1210 g/mol. The normalized spacial score (nSPS) is 19.3. The summed E-state index contributed by atoms with van der Waals surface area (Å²) in [5, 5.41) is 51.1. The molecule has 3 fully saturated rings. The van der Waals surface area contributed by atoms with Crippen LogP contribution in [0.5, 0.6) is 17.2 Å². The molecule has 0 radical (unpaired) electrons. The summed E-state index contributed by atoms with van der Waals surface area (Å²) in [6.45, 7) is 6.20. The van der Waals surface area contributed by atoms with Crippen LogP contribution < -0.4 is 29.3 Å². The molecule has 3 aromatic carbocycles. The zero-order valence-electron chi connectivity index (χ0n) is 53.6. The van der Waals surface area contributed by atoms with Gasteiger partial charge < -0.3 is 44.6 Å². The van der Waals surface area contributed by atoms with E-state index < -0.39 is 7.15 Å². The van der Waals surface area contributed by atoms with Crippen molar-refractivity contribution in [3.05, 3.63) is 126 Å². The minimum atomic E-state index is -1.00. The van der Waals surface area contributed by atoms with Gasteiger partial charge in [0.15, 0.2) is 16.9 Å². The molecular formula is C69H79FN12O6S3. The van der Waals surface area contributed by atoms with Gasteiger partial charge in [0.25, 0.3) is 0 Å². The molecule has 22 heteroatoms. The maximum Gasteiger partial charge on any atom is 0.154 e. The van der Waals surface area contributed by atoms with Crippen LogP contribution in [0.15, 0.2) is 110 Å². The molecule has 0 atom stereocenters. The minimum Gasteiger partial charge on any atom is -0.496 e. The Morgan fingerprint density at radius 3 is 1.16 bits per heavy atom. The summed E-state index contributed by atoms with van der Waals surface area (Å²) in [4.78, 5) is 21.6. The summed E-state index contributed by atoms with van der Waals surface area (Å²) in [6, 6.07) is 32.7. The first-order valence-corrected chi connectivity index (χ1v) is 33.5. The number of aryl methyl sites for hydroxylation is 3. The second kappa shape index (κ2) is 27.5. The molecule has 9 heterocycles. The molecule has 91 heavy (non-hydrogen) atoms. The van der Waals surface area contributed by atoms with Gasteiger partial charge >= 0.3 is 0 Å². The Kier molecular flexibility index (Phi) is 18.7. The van der Waals surface area contributed by atoms with Gasteiger partial charge in [-0.1, -0.05) is 0 Å². The molecule has 0 bridgehead atoms. The summed E-state index contributed by atoms with van der Waals surface area (Å²) in [6.07, 6.45) is 16.3. The standard InChI is InChI=1S/2C23H26N4O2S.C22H24N4O2S.CH3F/c2*1-14-10-15-11-21(30-20(15)12-19(14)29-3)18-13-24-22-8-9-23(25-27(18)22)26(2)16-4-6-17(28)7-5-16;1-13-9-14-10-20(29-19(14)11-18(13)28-2)17-12-23-22-8-7-21(25-26(17)22)24-15-3-5-16(27)6-4-15;1-2/h2*8-13,16-17,28H,4-7H2,1-3H3;7-12,15-16,27H,3-6H2,1-2H3,(H,24,25);1H3/i;;;1D. The zero-order valence-corrected chi connectivity index (χ0v) is 55.1. The van der Waals surface area contributed by atoms with Crippen LogP contribution in [-0.4, -0.2) is 138 Å². The van der Waals surface area contributed by atoms with Crippen LogP contribution in [-0.2, 0) is 0 Å². The molecule has 3 aliphatic carbocycles. The molecule has 0 aliphatic heterocycles. The van der Waals surface area contributed by atoms with Gasteiger partial charge in [-0.05, 0) is 222 Å². The van der Waals surface area contributed by atoms with E-state index in [1.165, 1.54) is 30.3 Å². The van der Waals surface area contributed by atoms with Crippen LogP contribution in [0.1, 0.15) is 95.1 Å². The highest BCUT2D eigenvalue weighted by molar-refractivity contribution is 7.23. The number of imidazole rings is 3. The van der Waals surface area contributed by atoms with E-state index in [0.717, 1.165) is 177 Å². The van der Waals surface area contributed by atoms with Crippen molar-refractivity contribution in [2.24, 2.45) is 0 Å². The van der Waals surface area contributed by atoms with Crippen LogP contribution in [0.25, 0.3) is 78.9 Å². The highest BCUT2D eigenvalue weighted by Gasteiger charge is 2.27. The number of halogens is 1. The molecule has 476 valence electrons. The number of hydrogen-bond donors (Lipinski definition) is 4. The van der Waals surface area contributed by atoms with Crippen molar-refractivity contribution in [2.75, 3.05) is 57.7 Å². The fourth-order valence-electron chi connectivity index (χ4n) is 12.8. The molecule has 0 amide bonds. The smallest absolute Gasteiger partial charge is 0.154 e. The average Bonchev–Trinajstić information content (AvgIpc) is 1.75. The maximum absolute atomic E-state index is 9.96. The molecule has 18 nitrogen and oxygen atoms in total. The van der Waals surface area contributed by atoms with Crippen LogP contribution >= 0.6 is 34.0 Å². The predicted molar refractivity (Wildman–Crippen MR) is 368 cm³/mol. The lowest BCUT2D eigenvalue weighted by atomic mass is 9.92. The molecule has 0 unspecified atom stereocenters. The Morgan fingerprint density at radius 2 is 0.813 bits per heavy atom. The van der Waals surface area contributed by atoms with Crippen LogP contribution in [0.2, 0.25) is 0 Å². The van der Waals surface area contributed by atoms with E-state index >= 15 is 0 Å². The Morgan fingerprint density at radius 1 is 0.484 bits per heavy atom. The molecule has 3 saturated carbocycles. The third-order valence-corrected chi connectivity index (χ3v) is 21.5. The van der Waals surface area contributed by atoms with Crippen molar-refractivity contribution in [2.45, 2.75) is 134 Å². The third kappa shape index (κ3) is 13.4. The largest absolute Gasteiger partial charge is 0.496 e. The quantitative estimate of drug-likeness (QED) is 0.0900. The van der Waals surface area contributed by atoms with Crippen molar-refractivity contribution in [1.29, 1.82) is 0 Å². The summed E-state index contributed by atoms with van der Waals surface area (Å²) in [5.74, 6) is 5.44. The van der Waals surface area contributed by atoms with Gasteiger partial charge in [0.1, 0.15) is 51.8 Å². The van der Waals surface area contributed by atoms with Gasteiger partial charge in [0.2, 0.25) is 0 Å². The van der Waals surface area contributed by atoms with Gasteiger partial charge in [-0.3, -0.25) is 4.39 Å². The summed E-state index contributed by atoms with van der Waals surface area (Å²) in [7, 11) is 8.33. The Hall–Kier alpha value is -7.99. The van der Waals surface area contributed by atoms with Crippen molar-refractivity contribution < 1.29 is 35.3 Å².